The van der Waals surface area contributed by atoms with Gasteiger partial charge in [-0.15, -0.1) is 0 Å². The van der Waals surface area contributed by atoms with Crippen LogP contribution in [0.2, 0.25) is 0 Å². The average Bonchev–Trinajstić information content (AvgIpc) is 2.58. The predicted molar refractivity (Wildman–Crippen MR) is 98.1 cm³/mol. The van der Waals surface area contributed by atoms with Gasteiger partial charge in [-0.3, -0.25) is 4.90 Å². The topological polar surface area (TPSA) is 43.8 Å². The molecule has 0 radical (unpaired) electrons. The van der Waals surface area contributed by atoms with E-state index in [0.717, 1.165) is 36.1 Å². The third-order valence-electron chi connectivity index (χ3n) is 4.47. The first-order valence-corrected chi connectivity index (χ1v) is 8.92. The molecule has 2 aromatic rings. The van der Waals surface area contributed by atoms with Crippen LogP contribution in [0.25, 0.3) is 0 Å². The van der Waals surface area contributed by atoms with E-state index in [1.165, 1.54) is 5.56 Å². The molecule has 5 heteroatoms. The summed E-state index contributed by atoms with van der Waals surface area (Å²) in [5.74, 6) is 0. The fraction of sp³-hybridized carbons (Fsp3) is 0.316. The first-order chi connectivity index (χ1) is 11.6. The fourth-order valence-electron chi connectivity index (χ4n) is 3.25. The molecule has 0 saturated carbocycles. The van der Waals surface area contributed by atoms with Crippen LogP contribution in [0.4, 0.5) is 4.79 Å². The van der Waals surface area contributed by atoms with E-state index in [0.29, 0.717) is 6.54 Å². The fourth-order valence-corrected chi connectivity index (χ4v) is 3.70. The Labute approximate surface area is 150 Å². The number of hydrogen-bond acceptors (Lipinski definition) is 2. The number of benzene rings is 2. The third-order valence-corrected chi connectivity index (χ3v) is 5.25. The van der Waals surface area contributed by atoms with Crippen LogP contribution in [0.5, 0.6) is 0 Å². The number of hydrogen-bond donors (Lipinski definition) is 1. The second-order valence-electron chi connectivity index (χ2n) is 6.15. The van der Waals surface area contributed by atoms with Crippen molar-refractivity contribution in [3.8, 4) is 0 Å². The van der Waals surface area contributed by atoms with Gasteiger partial charge in [0.25, 0.3) is 0 Å². The summed E-state index contributed by atoms with van der Waals surface area (Å²) >= 11 is 3.57. The molecule has 1 amide bonds. The van der Waals surface area contributed by atoms with E-state index < -0.39 is 6.09 Å². The Morgan fingerprint density at radius 2 is 1.79 bits per heavy atom. The van der Waals surface area contributed by atoms with Gasteiger partial charge in [-0.05, 0) is 23.6 Å². The predicted octanol–water partition coefficient (Wildman–Crippen LogP) is 3.86. The molecule has 126 valence electrons. The highest BCUT2D eigenvalue weighted by molar-refractivity contribution is 9.10. The molecule has 1 heterocycles. The smallest absolute Gasteiger partial charge is 0.407 e. The maximum Gasteiger partial charge on any atom is 0.407 e. The molecule has 2 aromatic carbocycles. The quantitative estimate of drug-likeness (QED) is 0.864. The van der Waals surface area contributed by atoms with Crippen molar-refractivity contribution < 1.29 is 9.90 Å². The molecule has 4 nitrogen and oxygen atoms in total. The lowest BCUT2D eigenvalue weighted by Gasteiger charge is -2.40. The number of nitrogens with zero attached hydrogens (tertiary/aromatic N) is 2. The maximum atomic E-state index is 11.6. The van der Waals surface area contributed by atoms with Crippen LogP contribution in [0.1, 0.15) is 11.1 Å². The van der Waals surface area contributed by atoms with E-state index in [1.807, 2.05) is 36.4 Å². The highest BCUT2D eigenvalue weighted by atomic mass is 79.9. The van der Waals surface area contributed by atoms with Gasteiger partial charge in [0.1, 0.15) is 0 Å². The van der Waals surface area contributed by atoms with Gasteiger partial charge < -0.3 is 10.0 Å². The zero-order valence-corrected chi connectivity index (χ0v) is 15.0. The Morgan fingerprint density at radius 1 is 1.08 bits per heavy atom. The molecule has 0 bridgehead atoms. The Hall–Kier alpha value is -1.85. The molecular formula is C19H21BrN2O2. The van der Waals surface area contributed by atoms with Gasteiger partial charge in [0.15, 0.2) is 0 Å². The van der Waals surface area contributed by atoms with Gasteiger partial charge in [0.05, 0.1) is 6.04 Å². The normalized spacial score (nSPS) is 18.5. The lowest BCUT2D eigenvalue weighted by Crippen LogP contribution is -2.55. The van der Waals surface area contributed by atoms with Crippen LogP contribution in [0.15, 0.2) is 59.1 Å². The summed E-state index contributed by atoms with van der Waals surface area (Å²) in [6.07, 6.45) is -0.106. The first kappa shape index (κ1) is 17.0. The first-order valence-electron chi connectivity index (χ1n) is 8.13. The summed E-state index contributed by atoms with van der Waals surface area (Å²) in [7, 11) is 0. The van der Waals surface area contributed by atoms with Gasteiger partial charge in [-0.1, -0.05) is 64.5 Å². The Kier molecular flexibility index (Phi) is 5.53. The number of carbonyl (C=O) groups is 1. The molecule has 0 spiro atoms. The molecule has 0 aliphatic carbocycles. The van der Waals surface area contributed by atoms with Crippen molar-refractivity contribution in [1.82, 2.24) is 9.80 Å². The molecule has 1 atom stereocenters. The standard InChI is InChI=1S/C19H21BrN2O2/c20-18-9-5-4-8-16(18)12-17-14-21(10-11-22(17)19(23)24)13-15-6-2-1-3-7-15/h1-9,17H,10-14H2,(H,23,24)/t17-/m1/s1. The minimum absolute atomic E-state index is 0.0290. The van der Waals surface area contributed by atoms with Gasteiger partial charge in [-0.2, -0.15) is 0 Å². The molecule has 24 heavy (non-hydrogen) atoms. The molecule has 1 aliphatic rings. The van der Waals surface area contributed by atoms with Crippen molar-refractivity contribution in [1.29, 1.82) is 0 Å². The van der Waals surface area contributed by atoms with Crippen LogP contribution < -0.4 is 0 Å². The largest absolute Gasteiger partial charge is 0.465 e. The second-order valence-corrected chi connectivity index (χ2v) is 7.00. The molecule has 3 rings (SSSR count). The molecule has 1 aliphatic heterocycles. The minimum Gasteiger partial charge on any atom is -0.465 e. The van der Waals surface area contributed by atoms with Crippen LogP contribution in [-0.2, 0) is 13.0 Å². The number of rotatable bonds is 4. The van der Waals surface area contributed by atoms with E-state index >= 15 is 0 Å². The van der Waals surface area contributed by atoms with Crippen LogP contribution >= 0.6 is 15.9 Å². The maximum absolute atomic E-state index is 11.6. The van der Waals surface area contributed by atoms with Crippen molar-refractivity contribution in [3.63, 3.8) is 0 Å². The molecular weight excluding hydrogens is 368 g/mol. The summed E-state index contributed by atoms with van der Waals surface area (Å²) < 4.78 is 1.04. The van der Waals surface area contributed by atoms with E-state index in [2.05, 4.69) is 39.0 Å². The summed E-state index contributed by atoms with van der Waals surface area (Å²) in [6, 6.07) is 18.3. The average molecular weight is 389 g/mol. The number of carboxylic acid groups (broad SMARTS) is 1. The molecule has 0 aromatic heterocycles. The van der Waals surface area contributed by atoms with Crippen LogP contribution in [0, 0.1) is 0 Å². The summed E-state index contributed by atoms with van der Waals surface area (Å²) in [5.41, 5.74) is 2.41. The summed E-state index contributed by atoms with van der Waals surface area (Å²) in [6.45, 7) is 2.94. The van der Waals surface area contributed by atoms with Gasteiger partial charge in [-0.25, -0.2) is 4.79 Å². The second kappa shape index (κ2) is 7.81. The lowest BCUT2D eigenvalue weighted by atomic mass is 10.0. The van der Waals surface area contributed by atoms with Gasteiger partial charge in [0, 0.05) is 30.7 Å². The number of halogens is 1. The molecule has 0 unspecified atom stereocenters. The zero-order chi connectivity index (χ0) is 16.9. The van der Waals surface area contributed by atoms with Crippen molar-refractivity contribution in [2.45, 2.75) is 19.0 Å². The molecule has 1 N–H and O–H groups in total. The van der Waals surface area contributed by atoms with Crippen LogP contribution in [-0.4, -0.2) is 46.7 Å². The zero-order valence-electron chi connectivity index (χ0n) is 13.4. The van der Waals surface area contributed by atoms with Gasteiger partial charge in [0.2, 0.25) is 0 Å². The summed E-state index contributed by atoms with van der Waals surface area (Å²) in [4.78, 5) is 15.5. The lowest BCUT2D eigenvalue weighted by molar-refractivity contribution is 0.0644. The van der Waals surface area contributed by atoms with Crippen molar-refractivity contribution in [2.75, 3.05) is 19.6 Å². The Bertz CT molecular complexity index is 693. The minimum atomic E-state index is -0.827. The monoisotopic (exact) mass is 388 g/mol. The van der Waals surface area contributed by atoms with E-state index in [9.17, 15) is 9.90 Å². The van der Waals surface area contributed by atoms with Crippen molar-refractivity contribution in [3.05, 3.63) is 70.2 Å². The van der Waals surface area contributed by atoms with E-state index in [-0.39, 0.29) is 6.04 Å². The number of amides is 1. The van der Waals surface area contributed by atoms with Gasteiger partial charge >= 0.3 is 6.09 Å². The molecule has 1 fully saturated rings. The highest BCUT2D eigenvalue weighted by Crippen LogP contribution is 2.22. The Morgan fingerprint density at radius 3 is 2.50 bits per heavy atom. The Balaban J connectivity index is 1.72. The summed E-state index contributed by atoms with van der Waals surface area (Å²) in [5, 5.41) is 9.53. The number of piperazine rings is 1. The SMILES string of the molecule is O=C(O)N1CCN(Cc2ccccc2)C[C@H]1Cc1ccccc1Br. The van der Waals surface area contributed by atoms with Crippen molar-refractivity contribution in [2.24, 2.45) is 0 Å². The highest BCUT2D eigenvalue weighted by Gasteiger charge is 2.30. The van der Waals surface area contributed by atoms with E-state index in [4.69, 9.17) is 0 Å². The van der Waals surface area contributed by atoms with Crippen molar-refractivity contribution >= 4 is 22.0 Å². The third kappa shape index (κ3) is 4.16. The molecule has 1 saturated heterocycles. The van der Waals surface area contributed by atoms with Crippen LogP contribution in [0.3, 0.4) is 0 Å². The van der Waals surface area contributed by atoms with E-state index in [1.54, 1.807) is 4.90 Å².